The van der Waals surface area contributed by atoms with Crippen LogP contribution in [0.4, 0.5) is 14.6 Å². The van der Waals surface area contributed by atoms with Gasteiger partial charge in [-0.1, -0.05) is 27.5 Å². The molecule has 0 atom stereocenters. The highest BCUT2D eigenvalue weighted by molar-refractivity contribution is 9.08. The van der Waals surface area contributed by atoms with E-state index in [0.29, 0.717) is 10.9 Å². The van der Waals surface area contributed by atoms with Crippen LogP contribution >= 0.6 is 27.5 Å². The second-order valence-electron chi connectivity index (χ2n) is 2.34. The molecule has 2 N–H and O–H groups in total. The molecule has 0 unspecified atom stereocenters. The molecule has 2 nitrogen and oxygen atoms in total. The quantitative estimate of drug-likeness (QED) is 0.839. The third-order valence-electron chi connectivity index (χ3n) is 1.45. The van der Waals surface area contributed by atoms with Gasteiger partial charge in [0.1, 0.15) is 11.5 Å². The number of nitrogen functional groups attached to an aromatic ring is 1. The average molecular weight is 271 g/mol. The van der Waals surface area contributed by atoms with Gasteiger partial charge in [0.25, 0.3) is 6.43 Å². The van der Waals surface area contributed by atoms with Crippen LogP contribution in [0.1, 0.15) is 17.7 Å². The number of aromatic nitrogens is 1. The van der Waals surface area contributed by atoms with Gasteiger partial charge in [0.05, 0.1) is 5.02 Å². The minimum atomic E-state index is -2.63. The summed E-state index contributed by atoms with van der Waals surface area (Å²) in [6.45, 7) is 0. The zero-order chi connectivity index (χ0) is 10.0. The third-order valence-corrected chi connectivity index (χ3v) is 2.49. The van der Waals surface area contributed by atoms with Gasteiger partial charge in [-0.3, -0.25) is 0 Å². The Morgan fingerprint density at radius 1 is 1.62 bits per heavy atom. The first-order valence-electron chi connectivity index (χ1n) is 3.35. The first-order chi connectivity index (χ1) is 6.06. The Kier molecular flexibility index (Phi) is 3.44. The molecule has 0 aromatic carbocycles. The van der Waals surface area contributed by atoms with Crippen molar-refractivity contribution < 1.29 is 8.78 Å². The zero-order valence-corrected chi connectivity index (χ0v) is 8.74. The van der Waals surface area contributed by atoms with Crippen LogP contribution in [0.15, 0.2) is 6.07 Å². The molecule has 72 valence electrons. The number of hydrogen-bond donors (Lipinski definition) is 1. The Morgan fingerprint density at radius 3 is 2.69 bits per heavy atom. The Morgan fingerprint density at radius 2 is 2.23 bits per heavy atom. The summed E-state index contributed by atoms with van der Waals surface area (Å²) in [6.07, 6.45) is -2.63. The van der Waals surface area contributed by atoms with Gasteiger partial charge < -0.3 is 5.73 Å². The monoisotopic (exact) mass is 270 g/mol. The highest BCUT2D eigenvalue weighted by atomic mass is 79.9. The molecule has 6 heteroatoms. The molecule has 0 aliphatic carbocycles. The molecule has 0 aliphatic heterocycles. The first kappa shape index (κ1) is 10.7. The van der Waals surface area contributed by atoms with Gasteiger partial charge >= 0.3 is 0 Å². The van der Waals surface area contributed by atoms with E-state index in [1.165, 1.54) is 6.07 Å². The average Bonchev–Trinajstić information content (AvgIpc) is 2.09. The van der Waals surface area contributed by atoms with Crippen molar-refractivity contribution in [1.29, 1.82) is 0 Å². The number of hydrogen-bond acceptors (Lipinski definition) is 2. The Labute approximate surface area is 87.2 Å². The molecule has 1 aromatic heterocycles. The fourth-order valence-electron chi connectivity index (χ4n) is 0.836. The molecule has 1 aromatic rings. The highest BCUT2D eigenvalue weighted by Crippen LogP contribution is 2.28. The highest BCUT2D eigenvalue weighted by Gasteiger charge is 2.14. The summed E-state index contributed by atoms with van der Waals surface area (Å²) in [7, 11) is 0. The number of nitrogens with zero attached hydrogens (tertiary/aromatic N) is 1. The summed E-state index contributed by atoms with van der Waals surface area (Å²) < 4.78 is 24.4. The van der Waals surface area contributed by atoms with E-state index in [2.05, 4.69) is 20.9 Å². The number of alkyl halides is 3. The summed E-state index contributed by atoms with van der Waals surface area (Å²) in [4.78, 5) is 3.46. The number of halogens is 4. The van der Waals surface area contributed by atoms with Gasteiger partial charge in [-0.25, -0.2) is 13.8 Å². The molecular weight excluding hydrogens is 265 g/mol. The largest absolute Gasteiger partial charge is 0.382 e. The predicted molar refractivity (Wildman–Crippen MR) is 51.2 cm³/mol. The van der Waals surface area contributed by atoms with E-state index in [1.807, 2.05) is 0 Å². The number of pyridine rings is 1. The fraction of sp³-hybridized carbons (Fsp3) is 0.286. The fourth-order valence-corrected chi connectivity index (χ4v) is 1.60. The van der Waals surface area contributed by atoms with Crippen molar-refractivity contribution in [2.45, 2.75) is 11.8 Å². The second-order valence-corrected chi connectivity index (χ2v) is 3.28. The van der Waals surface area contributed by atoms with Gasteiger partial charge in [-0.15, -0.1) is 0 Å². The Hall–Kier alpha value is -0.420. The van der Waals surface area contributed by atoms with Crippen LogP contribution in [0.25, 0.3) is 0 Å². The van der Waals surface area contributed by atoms with Crippen molar-refractivity contribution in [3.05, 3.63) is 22.3 Å². The molecule has 1 heterocycles. The lowest BCUT2D eigenvalue weighted by Gasteiger charge is -2.06. The normalized spacial score (nSPS) is 10.8. The molecule has 0 saturated carbocycles. The lowest BCUT2D eigenvalue weighted by molar-refractivity contribution is 0.146. The van der Waals surface area contributed by atoms with Crippen LogP contribution in [0, 0.1) is 0 Å². The van der Waals surface area contributed by atoms with Gasteiger partial charge in [-0.05, 0) is 11.6 Å². The van der Waals surface area contributed by atoms with E-state index in [1.54, 1.807) is 0 Å². The van der Waals surface area contributed by atoms with Gasteiger partial charge in [0.15, 0.2) is 0 Å². The van der Waals surface area contributed by atoms with Crippen LogP contribution in [0.5, 0.6) is 0 Å². The topological polar surface area (TPSA) is 38.9 Å². The lowest BCUT2D eigenvalue weighted by atomic mass is 10.2. The molecule has 1 rings (SSSR count). The van der Waals surface area contributed by atoms with Crippen LogP contribution in [-0.4, -0.2) is 4.98 Å². The summed E-state index contributed by atoms with van der Waals surface area (Å²) in [5.41, 5.74) is 5.51. The minimum absolute atomic E-state index is 0.0612. The van der Waals surface area contributed by atoms with Crippen molar-refractivity contribution in [2.75, 3.05) is 5.73 Å². The molecule has 0 spiro atoms. The summed E-state index contributed by atoms with van der Waals surface area (Å²) in [5, 5.41) is 0.597. The standard InChI is InChI=1S/C7H6BrClF2N2/c8-2-3-1-4(6(10)11)13-7(12)5(3)9/h1,6H,2H2,(H2,12,13). The summed E-state index contributed by atoms with van der Waals surface area (Å²) in [6, 6.07) is 1.23. The van der Waals surface area contributed by atoms with Crippen molar-refractivity contribution >= 4 is 33.3 Å². The maximum absolute atomic E-state index is 12.2. The molecule has 13 heavy (non-hydrogen) atoms. The van der Waals surface area contributed by atoms with Crippen LogP contribution in [0.2, 0.25) is 5.02 Å². The van der Waals surface area contributed by atoms with E-state index < -0.39 is 6.43 Å². The summed E-state index contributed by atoms with van der Waals surface area (Å²) >= 11 is 8.82. The third kappa shape index (κ3) is 2.28. The van der Waals surface area contributed by atoms with E-state index in [-0.39, 0.29) is 16.5 Å². The molecule has 0 bridgehead atoms. The smallest absolute Gasteiger partial charge is 0.280 e. The predicted octanol–water partition coefficient (Wildman–Crippen LogP) is 3.15. The van der Waals surface area contributed by atoms with Crippen molar-refractivity contribution in [3.63, 3.8) is 0 Å². The minimum Gasteiger partial charge on any atom is -0.382 e. The molecule has 0 saturated heterocycles. The molecule has 0 fully saturated rings. The van der Waals surface area contributed by atoms with E-state index >= 15 is 0 Å². The molecule has 0 aliphatic rings. The Balaban J connectivity index is 3.22. The lowest BCUT2D eigenvalue weighted by Crippen LogP contribution is -2.00. The molecular formula is C7H6BrClF2N2. The van der Waals surface area contributed by atoms with E-state index in [4.69, 9.17) is 17.3 Å². The van der Waals surface area contributed by atoms with Crippen LogP contribution in [0.3, 0.4) is 0 Å². The SMILES string of the molecule is Nc1nc(C(F)F)cc(CBr)c1Cl. The van der Waals surface area contributed by atoms with Crippen molar-refractivity contribution in [2.24, 2.45) is 0 Å². The van der Waals surface area contributed by atoms with Gasteiger partial charge in [0, 0.05) is 5.33 Å². The van der Waals surface area contributed by atoms with Crippen LogP contribution in [-0.2, 0) is 5.33 Å². The first-order valence-corrected chi connectivity index (χ1v) is 4.85. The molecule has 0 radical (unpaired) electrons. The maximum Gasteiger partial charge on any atom is 0.280 e. The van der Waals surface area contributed by atoms with Gasteiger partial charge in [0.2, 0.25) is 0 Å². The van der Waals surface area contributed by atoms with Crippen LogP contribution < -0.4 is 5.73 Å². The zero-order valence-electron chi connectivity index (χ0n) is 6.40. The van der Waals surface area contributed by atoms with Gasteiger partial charge in [-0.2, -0.15) is 0 Å². The van der Waals surface area contributed by atoms with Crippen molar-refractivity contribution in [1.82, 2.24) is 4.98 Å². The van der Waals surface area contributed by atoms with E-state index in [0.717, 1.165) is 0 Å². The number of rotatable bonds is 2. The second kappa shape index (κ2) is 4.19. The summed E-state index contributed by atoms with van der Waals surface area (Å²) in [5.74, 6) is -0.0612. The maximum atomic E-state index is 12.2. The molecule has 0 amide bonds. The number of anilines is 1. The Bertz CT molecular complexity index is 320. The number of nitrogens with two attached hydrogens (primary N) is 1. The van der Waals surface area contributed by atoms with Crippen molar-refractivity contribution in [3.8, 4) is 0 Å². The van der Waals surface area contributed by atoms with E-state index in [9.17, 15) is 8.78 Å².